The molecule has 0 aromatic heterocycles. The molecule has 0 radical (unpaired) electrons. The Labute approximate surface area is 259 Å². The number of hydrogen-bond acceptors (Lipinski definition) is 6. The molecule has 1 aliphatic rings. The highest BCUT2D eigenvalue weighted by molar-refractivity contribution is 7.93. The minimum Gasteiger partial charge on any atom is -0.299 e. The van der Waals surface area contributed by atoms with Gasteiger partial charge in [0.15, 0.2) is 0 Å². The first-order valence-electron chi connectivity index (χ1n) is 14.4. The lowest BCUT2D eigenvalue weighted by atomic mass is 9.80. The second-order valence-corrected chi connectivity index (χ2v) is 15.1. The van der Waals surface area contributed by atoms with Crippen LogP contribution in [-0.2, 0) is 29.6 Å². The van der Waals surface area contributed by atoms with E-state index in [0.29, 0.717) is 28.3 Å². The van der Waals surface area contributed by atoms with E-state index in [1.807, 2.05) is 27.7 Å². The fourth-order valence-electron chi connectivity index (χ4n) is 5.91. The lowest BCUT2D eigenvalue weighted by Crippen LogP contribution is -2.28. The van der Waals surface area contributed by atoms with Gasteiger partial charge < -0.3 is 0 Å². The number of Topliss-reactive ketones (excluding diaryl/α,β-unsaturated/α-hetero) is 2. The Morgan fingerprint density at radius 2 is 1.05 bits per heavy atom. The molecular formula is C34H36N2O6S2. The molecule has 0 unspecified atom stereocenters. The summed E-state index contributed by atoms with van der Waals surface area (Å²) in [5.74, 6) is -1.91. The van der Waals surface area contributed by atoms with Crippen LogP contribution in [0.15, 0.2) is 64.4 Å². The van der Waals surface area contributed by atoms with Crippen LogP contribution < -0.4 is 9.44 Å². The molecule has 0 amide bonds. The monoisotopic (exact) mass is 632 g/mol. The number of carbonyl (C=O) groups excluding carboxylic acids is 2. The maximum atomic E-state index is 13.9. The van der Waals surface area contributed by atoms with Gasteiger partial charge >= 0.3 is 0 Å². The summed E-state index contributed by atoms with van der Waals surface area (Å²) in [5.41, 5.74) is 4.97. The van der Waals surface area contributed by atoms with Crippen LogP contribution in [0.5, 0.6) is 0 Å². The Balaban J connectivity index is 1.75. The Bertz CT molecular complexity index is 2070. The average molecular weight is 633 g/mol. The molecule has 5 rings (SSSR count). The van der Waals surface area contributed by atoms with Gasteiger partial charge in [-0.1, -0.05) is 36.4 Å². The SMILES string of the molecule is Cc1cc(C)c(S(=O)(=O)Nc2cc(C3C(=O)CCCC3=O)c(NS(=O)(=O)c3cc(C)c(C)cc3C)c3ccccc23)cc1C. The number of ketones is 2. The molecule has 1 aliphatic carbocycles. The number of carbonyl (C=O) groups is 2. The van der Waals surface area contributed by atoms with Crippen molar-refractivity contribution in [3.05, 3.63) is 93.5 Å². The van der Waals surface area contributed by atoms with Crippen molar-refractivity contribution in [2.24, 2.45) is 0 Å². The van der Waals surface area contributed by atoms with Crippen molar-refractivity contribution in [1.82, 2.24) is 0 Å². The van der Waals surface area contributed by atoms with Gasteiger partial charge in [-0.25, -0.2) is 16.8 Å². The molecule has 4 aromatic rings. The van der Waals surface area contributed by atoms with Crippen molar-refractivity contribution >= 4 is 53.8 Å². The summed E-state index contributed by atoms with van der Waals surface area (Å²) >= 11 is 0. The maximum Gasteiger partial charge on any atom is 0.262 e. The van der Waals surface area contributed by atoms with Crippen LogP contribution in [0.1, 0.15) is 64.1 Å². The molecule has 230 valence electrons. The van der Waals surface area contributed by atoms with Crippen LogP contribution >= 0.6 is 0 Å². The number of rotatable bonds is 7. The number of nitrogens with one attached hydrogen (secondary N) is 2. The molecular weight excluding hydrogens is 597 g/mol. The summed E-state index contributed by atoms with van der Waals surface area (Å²) in [4.78, 5) is 26.7. The van der Waals surface area contributed by atoms with Gasteiger partial charge in [0.05, 0.1) is 21.2 Å². The van der Waals surface area contributed by atoms with Gasteiger partial charge in [0.25, 0.3) is 20.0 Å². The van der Waals surface area contributed by atoms with E-state index in [9.17, 15) is 26.4 Å². The van der Waals surface area contributed by atoms with E-state index >= 15 is 0 Å². The number of anilines is 2. The molecule has 0 spiro atoms. The molecule has 0 saturated heterocycles. The van der Waals surface area contributed by atoms with Gasteiger partial charge in [0.2, 0.25) is 0 Å². The van der Waals surface area contributed by atoms with Crippen LogP contribution in [0.25, 0.3) is 10.8 Å². The van der Waals surface area contributed by atoms with Crippen molar-refractivity contribution in [2.45, 2.75) is 76.5 Å². The quantitative estimate of drug-likeness (QED) is 0.219. The predicted octanol–water partition coefficient (Wildman–Crippen LogP) is 6.70. The van der Waals surface area contributed by atoms with E-state index in [1.54, 1.807) is 62.4 Å². The first-order chi connectivity index (χ1) is 20.6. The fourth-order valence-corrected chi connectivity index (χ4v) is 8.72. The maximum absolute atomic E-state index is 13.9. The van der Waals surface area contributed by atoms with Gasteiger partial charge in [-0.2, -0.15) is 0 Å². The first kappa shape index (κ1) is 31.4. The van der Waals surface area contributed by atoms with E-state index in [0.717, 1.165) is 22.3 Å². The second kappa shape index (κ2) is 11.5. The fraction of sp³-hybridized carbons (Fsp3) is 0.294. The minimum absolute atomic E-state index is 0.0759. The molecule has 2 N–H and O–H groups in total. The molecule has 1 saturated carbocycles. The summed E-state index contributed by atoms with van der Waals surface area (Å²) in [6, 6.07) is 15.0. The smallest absolute Gasteiger partial charge is 0.262 e. The normalized spacial score (nSPS) is 14.7. The highest BCUT2D eigenvalue weighted by Crippen LogP contribution is 2.42. The zero-order valence-electron chi connectivity index (χ0n) is 25.7. The zero-order chi connectivity index (χ0) is 32.1. The standard InChI is InChI=1S/C34H36N2O6S2/c1-19-14-23(5)31(16-21(19)3)43(39,40)35-28-18-27(33-29(37)12-9-13-30(33)38)34(26-11-8-7-10-25(26)28)36-44(41,42)32-17-22(4)20(2)15-24(32)6/h7-8,10-11,14-18,33,35-36H,9,12-13H2,1-6H3. The topological polar surface area (TPSA) is 126 Å². The van der Waals surface area contributed by atoms with E-state index in [1.165, 1.54) is 6.07 Å². The van der Waals surface area contributed by atoms with Crippen molar-refractivity contribution in [3.63, 3.8) is 0 Å². The molecule has 4 aromatic carbocycles. The lowest BCUT2D eigenvalue weighted by Gasteiger charge is -2.26. The number of aryl methyl sites for hydroxylation is 6. The van der Waals surface area contributed by atoms with Crippen LogP contribution in [0.4, 0.5) is 11.4 Å². The summed E-state index contributed by atoms with van der Waals surface area (Å²) in [6.07, 6.45) is 0.735. The summed E-state index contributed by atoms with van der Waals surface area (Å²) in [7, 11) is -8.30. The third kappa shape index (κ3) is 5.76. The molecule has 1 fully saturated rings. The number of fused-ring (bicyclic) bond motifs is 1. The molecule has 8 nitrogen and oxygen atoms in total. The first-order valence-corrected chi connectivity index (χ1v) is 17.4. The summed E-state index contributed by atoms with van der Waals surface area (Å²) in [6.45, 7) is 10.9. The molecule has 44 heavy (non-hydrogen) atoms. The average Bonchev–Trinajstić information content (AvgIpc) is 2.94. The number of sulfonamides is 2. The summed E-state index contributed by atoms with van der Waals surface area (Å²) < 4.78 is 60.8. The van der Waals surface area contributed by atoms with Crippen molar-refractivity contribution < 1.29 is 26.4 Å². The van der Waals surface area contributed by atoms with E-state index in [2.05, 4.69) is 9.44 Å². The van der Waals surface area contributed by atoms with E-state index in [-0.39, 0.29) is 51.1 Å². The molecule has 0 aliphatic heterocycles. The third-order valence-electron chi connectivity index (χ3n) is 8.52. The second-order valence-electron chi connectivity index (χ2n) is 11.8. The Morgan fingerprint density at radius 3 is 1.57 bits per heavy atom. The lowest BCUT2D eigenvalue weighted by molar-refractivity contribution is -0.131. The molecule has 10 heteroatoms. The van der Waals surface area contributed by atoms with Crippen molar-refractivity contribution in [2.75, 3.05) is 9.44 Å². The zero-order valence-corrected chi connectivity index (χ0v) is 27.3. The number of benzene rings is 4. The van der Waals surface area contributed by atoms with Crippen molar-refractivity contribution in [3.8, 4) is 0 Å². The van der Waals surface area contributed by atoms with Gasteiger partial charge in [0, 0.05) is 23.6 Å². The van der Waals surface area contributed by atoms with Crippen LogP contribution in [0, 0.1) is 41.5 Å². The minimum atomic E-state index is -4.19. The Morgan fingerprint density at radius 1 is 0.591 bits per heavy atom. The highest BCUT2D eigenvalue weighted by atomic mass is 32.2. The Kier molecular flexibility index (Phi) is 8.20. The number of hydrogen-bond donors (Lipinski definition) is 2. The Hall–Kier alpha value is -4.02. The van der Waals surface area contributed by atoms with Crippen molar-refractivity contribution in [1.29, 1.82) is 0 Å². The summed E-state index contributed by atoms with van der Waals surface area (Å²) in [5, 5.41) is 0.766. The van der Waals surface area contributed by atoms with Gasteiger partial charge in [-0.15, -0.1) is 0 Å². The van der Waals surface area contributed by atoms with Gasteiger partial charge in [0.1, 0.15) is 17.5 Å². The molecule has 0 heterocycles. The van der Waals surface area contributed by atoms with Crippen LogP contribution in [-0.4, -0.2) is 28.4 Å². The highest BCUT2D eigenvalue weighted by Gasteiger charge is 2.36. The van der Waals surface area contributed by atoms with E-state index in [4.69, 9.17) is 0 Å². The van der Waals surface area contributed by atoms with Crippen LogP contribution in [0.2, 0.25) is 0 Å². The van der Waals surface area contributed by atoms with E-state index < -0.39 is 26.0 Å². The molecule has 0 bridgehead atoms. The molecule has 0 atom stereocenters. The van der Waals surface area contributed by atoms with Crippen LogP contribution in [0.3, 0.4) is 0 Å². The van der Waals surface area contributed by atoms with Gasteiger partial charge in [-0.05, 0) is 105 Å². The predicted molar refractivity (Wildman–Crippen MR) is 173 cm³/mol. The largest absolute Gasteiger partial charge is 0.299 e. The third-order valence-corrected chi connectivity index (χ3v) is 11.5. The van der Waals surface area contributed by atoms with Gasteiger partial charge in [-0.3, -0.25) is 19.0 Å².